The fourth-order valence-electron chi connectivity index (χ4n) is 2.51. The summed E-state index contributed by atoms with van der Waals surface area (Å²) in [7, 11) is 1.94. The van der Waals surface area contributed by atoms with Crippen molar-refractivity contribution in [2.45, 2.75) is 6.54 Å². The molecule has 3 rings (SSSR count). The Morgan fingerprint density at radius 2 is 2.00 bits per heavy atom. The van der Waals surface area contributed by atoms with Crippen molar-refractivity contribution in [2.75, 3.05) is 7.05 Å². The zero-order valence-corrected chi connectivity index (χ0v) is 12.0. The molecule has 0 saturated carbocycles. The highest BCUT2D eigenvalue weighted by atomic mass is 35.5. The van der Waals surface area contributed by atoms with Crippen molar-refractivity contribution in [3.05, 3.63) is 65.4 Å². The van der Waals surface area contributed by atoms with Crippen LogP contribution in [0.5, 0.6) is 0 Å². The van der Waals surface area contributed by atoms with E-state index in [0.29, 0.717) is 0 Å². The zero-order valence-electron chi connectivity index (χ0n) is 11.2. The second-order valence-electron chi connectivity index (χ2n) is 4.73. The van der Waals surface area contributed by atoms with Gasteiger partial charge in [0.2, 0.25) is 0 Å². The van der Waals surface area contributed by atoms with E-state index in [-0.39, 0.29) is 0 Å². The van der Waals surface area contributed by atoms with Crippen molar-refractivity contribution in [2.24, 2.45) is 0 Å². The molecule has 0 amide bonds. The van der Waals surface area contributed by atoms with Gasteiger partial charge in [-0.1, -0.05) is 35.9 Å². The van der Waals surface area contributed by atoms with Crippen molar-refractivity contribution in [1.29, 1.82) is 0 Å². The Bertz CT molecular complexity index is 748. The summed E-state index contributed by atoms with van der Waals surface area (Å²) >= 11 is 6.12. The molecule has 0 aliphatic carbocycles. The van der Waals surface area contributed by atoms with Crippen LogP contribution in [0.3, 0.4) is 0 Å². The number of rotatable bonds is 3. The number of hydrogen-bond acceptors (Lipinski definition) is 2. The first kappa shape index (κ1) is 13.1. The molecule has 0 radical (unpaired) electrons. The highest BCUT2D eigenvalue weighted by molar-refractivity contribution is 6.30. The van der Waals surface area contributed by atoms with Gasteiger partial charge >= 0.3 is 0 Å². The van der Waals surface area contributed by atoms with Crippen LogP contribution in [0.1, 0.15) is 5.56 Å². The van der Waals surface area contributed by atoms with E-state index in [1.807, 2.05) is 37.6 Å². The molecule has 100 valence electrons. The molecule has 0 aliphatic rings. The van der Waals surface area contributed by atoms with Crippen LogP contribution in [-0.4, -0.2) is 12.0 Å². The minimum absolute atomic E-state index is 0.761. The molecule has 1 heterocycles. The van der Waals surface area contributed by atoms with Crippen LogP contribution in [-0.2, 0) is 6.54 Å². The van der Waals surface area contributed by atoms with Crippen molar-refractivity contribution in [3.8, 4) is 11.1 Å². The zero-order chi connectivity index (χ0) is 13.9. The second kappa shape index (κ2) is 5.61. The molecule has 0 spiro atoms. The minimum atomic E-state index is 0.761. The monoisotopic (exact) mass is 282 g/mol. The molecule has 3 heteroatoms. The number of fused-ring (bicyclic) bond motifs is 1. The lowest BCUT2D eigenvalue weighted by atomic mass is 9.95. The van der Waals surface area contributed by atoms with Crippen molar-refractivity contribution >= 4 is 22.4 Å². The first-order valence-electron chi connectivity index (χ1n) is 6.56. The smallest absolute Gasteiger partial charge is 0.0409 e. The number of nitrogens with one attached hydrogen (secondary N) is 1. The predicted octanol–water partition coefficient (Wildman–Crippen LogP) is 4.27. The summed E-state index contributed by atoms with van der Waals surface area (Å²) in [5.41, 5.74) is 3.58. The Kier molecular flexibility index (Phi) is 3.68. The third kappa shape index (κ3) is 2.40. The van der Waals surface area contributed by atoms with Gasteiger partial charge in [-0.05, 0) is 47.3 Å². The van der Waals surface area contributed by atoms with Gasteiger partial charge in [0.25, 0.3) is 0 Å². The third-order valence-electron chi connectivity index (χ3n) is 3.41. The maximum atomic E-state index is 6.12. The van der Waals surface area contributed by atoms with E-state index >= 15 is 0 Å². The number of hydrogen-bond donors (Lipinski definition) is 1. The van der Waals surface area contributed by atoms with Gasteiger partial charge in [-0.25, -0.2) is 0 Å². The Labute approximate surface area is 123 Å². The summed E-state index contributed by atoms with van der Waals surface area (Å²) in [5, 5.41) is 6.32. The van der Waals surface area contributed by atoms with Crippen LogP contribution >= 0.6 is 11.6 Å². The Morgan fingerprint density at radius 1 is 1.10 bits per heavy atom. The maximum Gasteiger partial charge on any atom is 0.0409 e. The molecule has 2 aromatic carbocycles. The summed E-state index contributed by atoms with van der Waals surface area (Å²) < 4.78 is 0. The Balaban J connectivity index is 2.25. The summed E-state index contributed by atoms with van der Waals surface area (Å²) in [6.45, 7) is 0.784. The number of aromatic nitrogens is 1. The van der Waals surface area contributed by atoms with Gasteiger partial charge in [-0.15, -0.1) is 0 Å². The molecule has 0 aliphatic heterocycles. The third-order valence-corrected chi connectivity index (χ3v) is 3.64. The average molecular weight is 283 g/mol. The fourth-order valence-corrected chi connectivity index (χ4v) is 2.70. The molecule has 0 bridgehead atoms. The number of benzene rings is 2. The standard InChI is InChI=1S/C17H15ClN2/c1-19-10-13-9-14(18)5-6-15(13)16-4-2-3-12-7-8-20-11-17(12)16/h2-9,11,19H,10H2,1H3. The summed E-state index contributed by atoms with van der Waals surface area (Å²) in [4.78, 5) is 4.25. The SMILES string of the molecule is CNCc1cc(Cl)ccc1-c1cccc2ccncc12. The van der Waals surface area contributed by atoms with E-state index < -0.39 is 0 Å². The molecular weight excluding hydrogens is 268 g/mol. The van der Waals surface area contributed by atoms with Crippen molar-refractivity contribution < 1.29 is 0 Å². The van der Waals surface area contributed by atoms with Gasteiger partial charge < -0.3 is 5.32 Å². The molecule has 0 atom stereocenters. The van der Waals surface area contributed by atoms with Gasteiger partial charge in [0.15, 0.2) is 0 Å². The molecule has 3 aromatic rings. The Morgan fingerprint density at radius 3 is 2.85 bits per heavy atom. The fraction of sp³-hybridized carbons (Fsp3) is 0.118. The van der Waals surface area contributed by atoms with E-state index in [1.54, 1.807) is 0 Å². The van der Waals surface area contributed by atoms with Gasteiger partial charge in [0.05, 0.1) is 0 Å². The maximum absolute atomic E-state index is 6.12. The van der Waals surface area contributed by atoms with Gasteiger partial charge in [-0.2, -0.15) is 0 Å². The topological polar surface area (TPSA) is 24.9 Å². The number of pyridine rings is 1. The molecule has 20 heavy (non-hydrogen) atoms. The highest BCUT2D eigenvalue weighted by Gasteiger charge is 2.09. The molecule has 0 unspecified atom stereocenters. The van der Waals surface area contributed by atoms with Gasteiger partial charge in [0, 0.05) is 29.3 Å². The largest absolute Gasteiger partial charge is 0.316 e. The van der Waals surface area contributed by atoms with E-state index in [0.717, 1.165) is 17.0 Å². The van der Waals surface area contributed by atoms with Gasteiger partial charge in [-0.3, -0.25) is 4.98 Å². The second-order valence-corrected chi connectivity index (χ2v) is 5.17. The molecule has 1 N–H and O–H groups in total. The van der Waals surface area contributed by atoms with Crippen LogP contribution < -0.4 is 5.32 Å². The van der Waals surface area contributed by atoms with Gasteiger partial charge in [0.1, 0.15) is 0 Å². The van der Waals surface area contributed by atoms with Crippen molar-refractivity contribution in [1.82, 2.24) is 10.3 Å². The number of nitrogens with zero attached hydrogens (tertiary/aromatic N) is 1. The quantitative estimate of drug-likeness (QED) is 0.776. The lowest BCUT2D eigenvalue weighted by Gasteiger charge is -2.12. The first-order chi connectivity index (χ1) is 9.79. The van der Waals surface area contributed by atoms with Crippen molar-refractivity contribution in [3.63, 3.8) is 0 Å². The van der Waals surface area contributed by atoms with E-state index in [4.69, 9.17) is 11.6 Å². The first-order valence-corrected chi connectivity index (χ1v) is 6.93. The van der Waals surface area contributed by atoms with Crippen LogP contribution in [0.4, 0.5) is 0 Å². The lowest BCUT2D eigenvalue weighted by Crippen LogP contribution is -2.06. The molecule has 0 fully saturated rings. The molecule has 0 saturated heterocycles. The summed E-state index contributed by atoms with van der Waals surface area (Å²) in [5.74, 6) is 0. The van der Waals surface area contributed by atoms with Crippen LogP contribution in [0.2, 0.25) is 5.02 Å². The van der Waals surface area contributed by atoms with Crippen LogP contribution in [0.25, 0.3) is 21.9 Å². The van der Waals surface area contributed by atoms with Crippen LogP contribution in [0, 0.1) is 0 Å². The van der Waals surface area contributed by atoms with Crippen LogP contribution in [0.15, 0.2) is 54.9 Å². The van der Waals surface area contributed by atoms with E-state index in [2.05, 4.69) is 34.6 Å². The molecular formula is C17H15ClN2. The highest BCUT2D eigenvalue weighted by Crippen LogP contribution is 2.32. The minimum Gasteiger partial charge on any atom is -0.316 e. The summed E-state index contributed by atoms with van der Waals surface area (Å²) in [6.07, 6.45) is 3.74. The molecule has 1 aromatic heterocycles. The average Bonchev–Trinajstić information content (AvgIpc) is 2.47. The van der Waals surface area contributed by atoms with E-state index in [1.165, 1.54) is 22.1 Å². The summed E-state index contributed by atoms with van der Waals surface area (Å²) in [6, 6.07) is 14.4. The normalized spacial score (nSPS) is 10.9. The molecule has 2 nitrogen and oxygen atoms in total. The predicted molar refractivity (Wildman–Crippen MR) is 85.0 cm³/mol. The Hall–Kier alpha value is -1.90. The van der Waals surface area contributed by atoms with E-state index in [9.17, 15) is 0 Å². The number of halogens is 1. The lowest BCUT2D eigenvalue weighted by molar-refractivity contribution is 0.819.